The molecule has 0 saturated heterocycles. The minimum Gasteiger partial charge on any atom is -0.481 e. The van der Waals surface area contributed by atoms with E-state index in [9.17, 15) is 4.79 Å². The van der Waals surface area contributed by atoms with E-state index in [1.165, 1.54) is 6.42 Å². The van der Waals surface area contributed by atoms with Gasteiger partial charge >= 0.3 is 5.97 Å². The van der Waals surface area contributed by atoms with Crippen molar-refractivity contribution in [2.45, 2.75) is 25.7 Å². The highest BCUT2D eigenvalue weighted by atomic mass is 16.4. The molecule has 2 N–H and O–H groups in total. The number of carboxylic acid groups (broad SMARTS) is 1. The Morgan fingerprint density at radius 3 is 2.50 bits per heavy atom. The van der Waals surface area contributed by atoms with Gasteiger partial charge < -0.3 is 10.2 Å². The van der Waals surface area contributed by atoms with Crippen LogP contribution in [0.25, 0.3) is 0 Å². The molecular weight excluding hydrogens is 156 g/mol. The molecule has 0 aromatic carbocycles. The van der Waals surface area contributed by atoms with E-state index >= 15 is 0 Å². The highest BCUT2D eigenvalue weighted by molar-refractivity contribution is 5.76. The smallest absolute Gasteiger partial charge is 0.312 e. The number of aliphatic hydroxyl groups excluding tert-OH is 1. The molecular formula is C9H14O3. The van der Waals surface area contributed by atoms with Gasteiger partial charge in [0.25, 0.3) is 0 Å². The Labute approximate surface area is 71.4 Å². The van der Waals surface area contributed by atoms with Gasteiger partial charge in [-0.15, -0.1) is 0 Å². The van der Waals surface area contributed by atoms with Crippen LogP contribution in [0.4, 0.5) is 0 Å². The van der Waals surface area contributed by atoms with Gasteiger partial charge in [0.15, 0.2) is 0 Å². The largest absolute Gasteiger partial charge is 0.481 e. The van der Waals surface area contributed by atoms with Gasteiger partial charge in [-0.05, 0) is 31.1 Å². The van der Waals surface area contributed by atoms with Crippen molar-refractivity contribution in [3.8, 4) is 0 Å². The molecule has 0 aromatic rings. The van der Waals surface area contributed by atoms with E-state index in [0.717, 1.165) is 12.8 Å². The highest BCUT2D eigenvalue weighted by Gasteiger charge is 2.55. The molecule has 12 heavy (non-hydrogen) atoms. The minimum atomic E-state index is -0.794. The molecule has 0 amide bonds. The molecule has 0 heterocycles. The second-order valence-electron chi connectivity index (χ2n) is 4.20. The maximum Gasteiger partial charge on any atom is 0.312 e. The predicted molar refractivity (Wildman–Crippen MR) is 42.6 cm³/mol. The van der Waals surface area contributed by atoms with Crippen LogP contribution in [0.1, 0.15) is 25.7 Å². The van der Waals surface area contributed by atoms with Crippen LogP contribution in [0.3, 0.4) is 0 Å². The van der Waals surface area contributed by atoms with Crippen molar-refractivity contribution in [3.05, 3.63) is 0 Å². The normalized spacial score (nSPS) is 45.1. The first-order valence-electron chi connectivity index (χ1n) is 4.53. The SMILES string of the molecule is O=C(O)C1(CO)CC2CCC1C2. The monoisotopic (exact) mass is 170 g/mol. The molecule has 3 unspecified atom stereocenters. The molecule has 0 aliphatic heterocycles. The molecule has 68 valence electrons. The van der Waals surface area contributed by atoms with Crippen molar-refractivity contribution in [2.75, 3.05) is 6.61 Å². The van der Waals surface area contributed by atoms with Crippen LogP contribution in [0, 0.1) is 17.3 Å². The highest BCUT2D eigenvalue weighted by Crippen LogP contribution is 2.55. The number of hydrogen-bond donors (Lipinski definition) is 2. The Kier molecular flexibility index (Phi) is 1.65. The third-order valence-electron chi connectivity index (χ3n) is 3.68. The molecule has 2 bridgehead atoms. The number of aliphatic carboxylic acids is 1. The lowest BCUT2D eigenvalue weighted by molar-refractivity contribution is -0.155. The molecule has 2 aliphatic rings. The summed E-state index contributed by atoms with van der Waals surface area (Å²) in [5.74, 6) is 0.0143. The molecule has 2 saturated carbocycles. The fraction of sp³-hybridized carbons (Fsp3) is 0.889. The third kappa shape index (κ3) is 0.829. The number of fused-ring (bicyclic) bond motifs is 2. The van der Waals surface area contributed by atoms with E-state index in [-0.39, 0.29) is 12.5 Å². The van der Waals surface area contributed by atoms with E-state index < -0.39 is 11.4 Å². The molecule has 0 spiro atoms. The zero-order valence-electron chi connectivity index (χ0n) is 6.99. The number of aliphatic hydroxyl groups is 1. The summed E-state index contributed by atoms with van der Waals surface area (Å²) in [4.78, 5) is 11.0. The molecule has 2 aliphatic carbocycles. The third-order valence-corrected chi connectivity index (χ3v) is 3.68. The maximum atomic E-state index is 11.0. The number of carboxylic acids is 1. The zero-order chi connectivity index (χ0) is 8.77. The first-order chi connectivity index (χ1) is 5.69. The Balaban J connectivity index is 2.25. The Morgan fingerprint density at radius 1 is 1.50 bits per heavy atom. The standard InChI is InChI=1S/C9H14O3/c10-5-9(8(11)12)4-6-1-2-7(9)3-6/h6-7,10H,1-5H2,(H,11,12). The molecule has 3 nitrogen and oxygen atoms in total. The molecule has 2 rings (SSSR count). The van der Waals surface area contributed by atoms with Crippen molar-refractivity contribution < 1.29 is 15.0 Å². The van der Waals surface area contributed by atoms with Crippen LogP contribution in [0.5, 0.6) is 0 Å². The molecule has 0 radical (unpaired) electrons. The van der Waals surface area contributed by atoms with E-state index in [1.54, 1.807) is 0 Å². The van der Waals surface area contributed by atoms with Crippen molar-refractivity contribution >= 4 is 5.97 Å². The Morgan fingerprint density at radius 2 is 2.25 bits per heavy atom. The Bertz CT molecular complexity index is 214. The predicted octanol–water partition coefficient (Wildman–Crippen LogP) is 0.870. The summed E-state index contributed by atoms with van der Waals surface area (Å²) < 4.78 is 0. The molecule has 2 fully saturated rings. The van der Waals surface area contributed by atoms with Crippen LogP contribution >= 0.6 is 0 Å². The Hall–Kier alpha value is -0.570. The number of hydrogen-bond acceptors (Lipinski definition) is 2. The van der Waals surface area contributed by atoms with Gasteiger partial charge in [0.05, 0.1) is 12.0 Å². The maximum absolute atomic E-state index is 11.0. The number of carbonyl (C=O) groups is 1. The molecule has 3 atom stereocenters. The average molecular weight is 170 g/mol. The second-order valence-corrected chi connectivity index (χ2v) is 4.20. The van der Waals surface area contributed by atoms with E-state index in [4.69, 9.17) is 10.2 Å². The lowest BCUT2D eigenvalue weighted by Gasteiger charge is -2.31. The van der Waals surface area contributed by atoms with E-state index in [2.05, 4.69) is 0 Å². The van der Waals surface area contributed by atoms with Crippen molar-refractivity contribution in [2.24, 2.45) is 17.3 Å². The lowest BCUT2D eigenvalue weighted by atomic mass is 9.74. The van der Waals surface area contributed by atoms with Gasteiger partial charge in [-0.3, -0.25) is 4.79 Å². The van der Waals surface area contributed by atoms with Crippen LogP contribution in [-0.4, -0.2) is 22.8 Å². The summed E-state index contributed by atoms with van der Waals surface area (Å²) in [6.45, 7) is -0.177. The summed E-state index contributed by atoms with van der Waals surface area (Å²) in [7, 11) is 0. The van der Waals surface area contributed by atoms with Crippen LogP contribution in [0.2, 0.25) is 0 Å². The summed E-state index contributed by atoms with van der Waals surface area (Å²) in [6.07, 6.45) is 3.88. The molecule has 0 aromatic heterocycles. The van der Waals surface area contributed by atoms with Crippen LogP contribution in [-0.2, 0) is 4.79 Å². The van der Waals surface area contributed by atoms with Gasteiger partial charge in [-0.25, -0.2) is 0 Å². The lowest BCUT2D eigenvalue weighted by Crippen LogP contribution is -2.39. The fourth-order valence-corrected chi connectivity index (χ4v) is 2.97. The summed E-state index contributed by atoms with van der Waals surface area (Å²) in [5, 5.41) is 18.2. The summed E-state index contributed by atoms with van der Waals surface area (Å²) >= 11 is 0. The number of rotatable bonds is 2. The zero-order valence-corrected chi connectivity index (χ0v) is 6.99. The van der Waals surface area contributed by atoms with Crippen LogP contribution in [0.15, 0.2) is 0 Å². The summed E-state index contributed by atoms with van der Waals surface area (Å²) in [6, 6.07) is 0. The van der Waals surface area contributed by atoms with Gasteiger partial charge in [0.2, 0.25) is 0 Å². The van der Waals surface area contributed by atoms with Crippen molar-refractivity contribution in [1.29, 1.82) is 0 Å². The quantitative estimate of drug-likeness (QED) is 0.646. The van der Waals surface area contributed by atoms with Gasteiger partial charge in [-0.1, -0.05) is 6.42 Å². The van der Waals surface area contributed by atoms with Crippen molar-refractivity contribution in [3.63, 3.8) is 0 Å². The van der Waals surface area contributed by atoms with Crippen LogP contribution < -0.4 is 0 Å². The summed E-state index contributed by atoms with van der Waals surface area (Å²) in [5.41, 5.74) is -0.775. The van der Waals surface area contributed by atoms with Crippen molar-refractivity contribution in [1.82, 2.24) is 0 Å². The first kappa shape index (κ1) is 8.05. The van der Waals surface area contributed by atoms with Gasteiger partial charge in [-0.2, -0.15) is 0 Å². The topological polar surface area (TPSA) is 57.5 Å². The van der Waals surface area contributed by atoms with Gasteiger partial charge in [0, 0.05) is 0 Å². The second kappa shape index (κ2) is 2.46. The molecule has 3 heteroatoms. The van der Waals surface area contributed by atoms with Gasteiger partial charge in [0.1, 0.15) is 0 Å². The van der Waals surface area contributed by atoms with E-state index in [1.807, 2.05) is 0 Å². The minimum absolute atomic E-state index is 0.177. The first-order valence-corrected chi connectivity index (χ1v) is 4.53. The van der Waals surface area contributed by atoms with E-state index in [0.29, 0.717) is 12.3 Å². The average Bonchev–Trinajstić information content (AvgIpc) is 2.62. The fourth-order valence-electron chi connectivity index (χ4n) is 2.97.